The predicted molar refractivity (Wildman–Crippen MR) is 113 cm³/mol. The summed E-state index contributed by atoms with van der Waals surface area (Å²) in [5.74, 6) is -1.22. The van der Waals surface area contributed by atoms with Crippen LogP contribution in [0.3, 0.4) is 0 Å². The van der Waals surface area contributed by atoms with Gasteiger partial charge in [0.05, 0.1) is 25.8 Å². The van der Waals surface area contributed by atoms with Gasteiger partial charge in [0.2, 0.25) is 0 Å². The molecule has 0 fully saturated rings. The minimum absolute atomic E-state index is 0.313. The fourth-order valence-electron chi connectivity index (χ4n) is 3.03. The lowest BCUT2D eigenvalue weighted by Crippen LogP contribution is -2.44. The third-order valence-corrected chi connectivity index (χ3v) is 4.77. The molecule has 0 saturated heterocycles. The molecule has 0 spiro atoms. The Kier molecular flexibility index (Phi) is 6.64. The number of carbonyl (C=O) groups is 2. The molecule has 0 aliphatic rings. The van der Waals surface area contributed by atoms with E-state index in [9.17, 15) is 14.7 Å². The van der Waals surface area contributed by atoms with Crippen molar-refractivity contribution < 1.29 is 19.4 Å². The summed E-state index contributed by atoms with van der Waals surface area (Å²) in [6.45, 7) is 3.94. The number of aliphatic hydroxyl groups is 1. The van der Waals surface area contributed by atoms with E-state index in [2.05, 4.69) is 15.2 Å². The maximum Gasteiger partial charge on any atom is 0.330 e. The number of aryl methyl sites for hydroxylation is 2. The summed E-state index contributed by atoms with van der Waals surface area (Å²) in [5.41, 5.74) is 4.90. The van der Waals surface area contributed by atoms with Crippen LogP contribution in [0.5, 0.6) is 0 Å². The molecule has 1 heterocycles. The van der Waals surface area contributed by atoms with Crippen LogP contribution in [0.2, 0.25) is 0 Å². The zero-order chi connectivity index (χ0) is 21.7. The minimum atomic E-state index is -1.14. The van der Waals surface area contributed by atoms with E-state index in [1.165, 1.54) is 7.11 Å². The number of rotatable bonds is 7. The van der Waals surface area contributed by atoms with Crippen LogP contribution < -0.4 is 5.32 Å². The van der Waals surface area contributed by atoms with Gasteiger partial charge in [-0.1, -0.05) is 59.7 Å². The van der Waals surface area contributed by atoms with Crippen LogP contribution in [-0.4, -0.2) is 46.5 Å². The number of nitrogens with zero attached hydrogens (tertiary/aromatic N) is 2. The number of hydrogen-bond acceptors (Lipinski definition) is 5. The Balaban J connectivity index is 1.95. The van der Waals surface area contributed by atoms with Crippen molar-refractivity contribution in [2.24, 2.45) is 0 Å². The molecule has 156 valence electrons. The number of carbonyl (C=O) groups excluding carboxylic acids is 2. The Labute approximate surface area is 175 Å². The van der Waals surface area contributed by atoms with Crippen molar-refractivity contribution in [3.8, 4) is 11.3 Å². The van der Waals surface area contributed by atoms with Crippen LogP contribution in [-0.2, 0) is 16.1 Å². The minimum Gasteiger partial charge on any atom is -0.467 e. The summed E-state index contributed by atoms with van der Waals surface area (Å²) in [5, 5.41) is 16.6. The fraction of sp³-hybridized carbons (Fsp3) is 0.261. The number of ether oxygens (including phenoxy) is 1. The first-order valence-electron chi connectivity index (χ1n) is 9.61. The zero-order valence-corrected chi connectivity index (χ0v) is 17.3. The van der Waals surface area contributed by atoms with E-state index in [0.29, 0.717) is 17.8 Å². The van der Waals surface area contributed by atoms with E-state index in [1.807, 2.05) is 62.4 Å². The van der Waals surface area contributed by atoms with E-state index in [4.69, 9.17) is 0 Å². The lowest BCUT2D eigenvalue weighted by atomic mass is 10.1. The first-order valence-corrected chi connectivity index (χ1v) is 9.61. The van der Waals surface area contributed by atoms with E-state index >= 15 is 0 Å². The number of esters is 1. The van der Waals surface area contributed by atoms with E-state index < -0.39 is 24.5 Å². The van der Waals surface area contributed by atoms with Gasteiger partial charge in [0, 0.05) is 11.8 Å². The highest BCUT2D eigenvalue weighted by Crippen LogP contribution is 2.23. The van der Waals surface area contributed by atoms with Gasteiger partial charge in [0.25, 0.3) is 5.91 Å². The summed E-state index contributed by atoms with van der Waals surface area (Å²) in [6, 6.07) is 14.6. The Morgan fingerprint density at radius 1 is 1.07 bits per heavy atom. The van der Waals surface area contributed by atoms with Crippen molar-refractivity contribution in [1.29, 1.82) is 0 Å². The van der Waals surface area contributed by atoms with Gasteiger partial charge in [-0.05, 0) is 19.4 Å². The molecular formula is C23H25N3O4. The highest BCUT2D eigenvalue weighted by Gasteiger charge is 2.25. The molecule has 0 aliphatic heterocycles. The van der Waals surface area contributed by atoms with Crippen molar-refractivity contribution in [1.82, 2.24) is 15.1 Å². The average molecular weight is 407 g/mol. The number of aromatic nitrogens is 2. The molecule has 1 amide bonds. The molecule has 3 rings (SSSR count). The lowest BCUT2D eigenvalue weighted by Gasteiger charge is -2.13. The van der Waals surface area contributed by atoms with Gasteiger partial charge in [-0.3, -0.25) is 9.48 Å². The highest BCUT2D eigenvalue weighted by atomic mass is 16.5. The molecule has 2 N–H and O–H groups in total. The van der Waals surface area contributed by atoms with Gasteiger partial charge in [0.1, 0.15) is 5.69 Å². The Morgan fingerprint density at radius 2 is 1.67 bits per heavy atom. The number of nitrogens with one attached hydrogen (secondary N) is 1. The molecule has 30 heavy (non-hydrogen) atoms. The third-order valence-electron chi connectivity index (χ3n) is 4.77. The maximum absolute atomic E-state index is 12.9. The van der Waals surface area contributed by atoms with Crippen LogP contribution in [0.1, 0.15) is 27.0 Å². The Hall–Kier alpha value is -3.45. The SMILES string of the molecule is COC(=O)[C@@H](CO)NC(=O)c1cn(Cc2ccc(C)cc2)nc1-c1ccc(C)cc1. The molecule has 3 aromatic rings. The summed E-state index contributed by atoms with van der Waals surface area (Å²) in [4.78, 5) is 24.7. The summed E-state index contributed by atoms with van der Waals surface area (Å²) in [6.07, 6.45) is 1.65. The number of amides is 1. The monoisotopic (exact) mass is 407 g/mol. The van der Waals surface area contributed by atoms with Gasteiger partial charge in [0.15, 0.2) is 6.04 Å². The topological polar surface area (TPSA) is 93.5 Å². The van der Waals surface area contributed by atoms with Gasteiger partial charge in [-0.2, -0.15) is 5.10 Å². The normalized spacial score (nSPS) is 11.7. The second-order valence-corrected chi connectivity index (χ2v) is 7.17. The maximum atomic E-state index is 12.9. The van der Waals surface area contributed by atoms with Crippen molar-refractivity contribution in [3.05, 3.63) is 77.0 Å². The number of hydrogen-bond donors (Lipinski definition) is 2. The standard InChI is InChI=1S/C23H25N3O4/c1-15-4-8-17(9-5-15)12-26-13-19(22(28)24-20(14-27)23(29)30-3)21(25-26)18-10-6-16(2)7-11-18/h4-11,13,20,27H,12,14H2,1-3H3,(H,24,28)/t20-/m1/s1. The quantitative estimate of drug-likeness (QED) is 0.587. The van der Waals surface area contributed by atoms with E-state index in [-0.39, 0.29) is 0 Å². The molecule has 2 aromatic carbocycles. The molecule has 0 aliphatic carbocycles. The van der Waals surface area contributed by atoms with Crippen LogP contribution >= 0.6 is 0 Å². The third kappa shape index (κ3) is 4.93. The van der Waals surface area contributed by atoms with Crippen molar-refractivity contribution >= 4 is 11.9 Å². The highest BCUT2D eigenvalue weighted by molar-refractivity contribution is 6.01. The molecule has 0 bridgehead atoms. The Morgan fingerprint density at radius 3 is 2.23 bits per heavy atom. The van der Waals surface area contributed by atoms with E-state index in [0.717, 1.165) is 22.3 Å². The van der Waals surface area contributed by atoms with Gasteiger partial charge >= 0.3 is 5.97 Å². The smallest absolute Gasteiger partial charge is 0.330 e. The molecule has 7 nitrogen and oxygen atoms in total. The molecule has 1 atom stereocenters. The van der Waals surface area contributed by atoms with Crippen LogP contribution in [0.15, 0.2) is 54.7 Å². The molecular weight excluding hydrogens is 382 g/mol. The van der Waals surface area contributed by atoms with Gasteiger partial charge in [-0.25, -0.2) is 4.79 Å². The largest absolute Gasteiger partial charge is 0.467 e. The van der Waals surface area contributed by atoms with Crippen LogP contribution in [0.4, 0.5) is 0 Å². The van der Waals surface area contributed by atoms with Gasteiger partial charge in [-0.15, -0.1) is 0 Å². The second-order valence-electron chi connectivity index (χ2n) is 7.17. The summed E-state index contributed by atoms with van der Waals surface area (Å²) >= 11 is 0. The van der Waals surface area contributed by atoms with Crippen LogP contribution in [0, 0.1) is 13.8 Å². The summed E-state index contributed by atoms with van der Waals surface area (Å²) in [7, 11) is 1.20. The first kappa shape index (κ1) is 21.3. The zero-order valence-electron chi connectivity index (χ0n) is 17.3. The molecule has 1 aromatic heterocycles. The molecule has 7 heteroatoms. The first-order chi connectivity index (χ1) is 14.4. The van der Waals surface area contributed by atoms with Crippen LogP contribution in [0.25, 0.3) is 11.3 Å². The van der Waals surface area contributed by atoms with Crippen molar-refractivity contribution in [2.45, 2.75) is 26.4 Å². The Bertz CT molecular complexity index is 1020. The van der Waals surface area contributed by atoms with Gasteiger partial charge < -0.3 is 15.2 Å². The molecule has 0 saturated carbocycles. The predicted octanol–water partition coefficient (Wildman–Crippen LogP) is 2.48. The number of methoxy groups -OCH3 is 1. The van der Waals surface area contributed by atoms with Crippen molar-refractivity contribution in [3.63, 3.8) is 0 Å². The van der Waals surface area contributed by atoms with Crippen molar-refractivity contribution in [2.75, 3.05) is 13.7 Å². The molecule has 0 unspecified atom stereocenters. The van der Waals surface area contributed by atoms with E-state index in [1.54, 1.807) is 10.9 Å². The second kappa shape index (κ2) is 9.37. The number of aliphatic hydroxyl groups excluding tert-OH is 1. The molecule has 0 radical (unpaired) electrons. The number of benzene rings is 2. The lowest BCUT2D eigenvalue weighted by molar-refractivity contribution is -0.143. The average Bonchev–Trinajstić information content (AvgIpc) is 3.17. The fourth-order valence-corrected chi connectivity index (χ4v) is 3.03. The summed E-state index contributed by atoms with van der Waals surface area (Å²) < 4.78 is 6.32.